The van der Waals surface area contributed by atoms with Gasteiger partial charge in [0.2, 0.25) is 0 Å². The molecule has 12 heavy (non-hydrogen) atoms. The minimum Gasteiger partial charge on any atom is -0.320 e. The van der Waals surface area contributed by atoms with Crippen LogP contribution < -0.4 is 5.73 Å². The largest absolute Gasteiger partial charge is 0.320 e. The Morgan fingerprint density at radius 3 is 2.42 bits per heavy atom. The van der Waals surface area contributed by atoms with E-state index < -0.39 is 0 Å². The van der Waals surface area contributed by atoms with Crippen LogP contribution in [0.1, 0.15) is 23.5 Å². The van der Waals surface area contributed by atoms with Crippen LogP contribution in [0, 0.1) is 6.92 Å². The van der Waals surface area contributed by atoms with Crippen molar-refractivity contribution < 1.29 is 0 Å². The molecule has 1 saturated carbocycles. The monoisotopic (exact) mass is 226 g/mol. The third-order valence-electron chi connectivity index (χ3n) is 1.92. The Labute approximate surface area is 88.4 Å². The van der Waals surface area contributed by atoms with Crippen LogP contribution in [0.25, 0.3) is 0 Å². The van der Waals surface area contributed by atoms with Crippen molar-refractivity contribution >= 4 is 36.2 Å². The summed E-state index contributed by atoms with van der Waals surface area (Å²) in [6, 6.07) is 0. The number of aromatic nitrogens is 1. The summed E-state index contributed by atoms with van der Waals surface area (Å²) in [6.07, 6.45) is 2.21. The van der Waals surface area contributed by atoms with E-state index in [9.17, 15) is 0 Å². The summed E-state index contributed by atoms with van der Waals surface area (Å²) < 4.78 is 0. The van der Waals surface area contributed by atoms with Gasteiger partial charge in [-0.2, -0.15) is 0 Å². The number of hydrogen-bond acceptors (Lipinski definition) is 3. The molecule has 70 valence electrons. The highest BCUT2D eigenvalue weighted by Crippen LogP contribution is 2.42. The maximum atomic E-state index is 5.93. The molecule has 0 aliphatic heterocycles. The molecule has 1 fully saturated rings. The van der Waals surface area contributed by atoms with Crippen molar-refractivity contribution in [3.05, 3.63) is 16.1 Å². The maximum Gasteiger partial charge on any atom is 0.0898 e. The van der Waals surface area contributed by atoms with Crippen LogP contribution in [-0.4, -0.2) is 4.98 Å². The van der Waals surface area contributed by atoms with Crippen LogP contribution in [0.5, 0.6) is 0 Å². The topological polar surface area (TPSA) is 38.9 Å². The minimum absolute atomic E-state index is 0. The van der Waals surface area contributed by atoms with Crippen LogP contribution >= 0.6 is 36.2 Å². The zero-order valence-corrected chi connectivity index (χ0v) is 9.19. The molecular formula is C7H12Cl2N2S. The predicted molar refractivity (Wildman–Crippen MR) is 56.4 cm³/mol. The first-order chi connectivity index (χ1) is 4.71. The highest BCUT2D eigenvalue weighted by atomic mass is 35.5. The highest BCUT2D eigenvalue weighted by Gasteiger charge is 2.41. The molecule has 1 aromatic rings. The summed E-state index contributed by atoms with van der Waals surface area (Å²) in [4.78, 5) is 4.34. The fourth-order valence-corrected chi connectivity index (χ4v) is 1.70. The number of rotatable bonds is 1. The van der Waals surface area contributed by atoms with Crippen LogP contribution in [0.3, 0.4) is 0 Å². The van der Waals surface area contributed by atoms with E-state index in [4.69, 9.17) is 5.73 Å². The maximum absolute atomic E-state index is 5.93. The second kappa shape index (κ2) is 3.92. The van der Waals surface area contributed by atoms with Gasteiger partial charge in [-0.1, -0.05) is 0 Å². The van der Waals surface area contributed by atoms with E-state index in [0.717, 1.165) is 23.5 Å². The Hall–Kier alpha value is 0.170. The smallest absolute Gasteiger partial charge is 0.0898 e. The Balaban J connectivity index is 0.000000605. The van der Waals surface area contributed by atoms with Crippen molar-refractivity contribution in [3.8, 4) is 0 Å². The normalized spacial score (nSPS) is 17.5. The molecule has 2 rings (SSSR count). The van der Waals surface area contributed by atoms with Crippen LogP contribution in [0.2, 0.25) is 0 Å². The number of halogens is 2. The lowest BCUT2D eigenvalue weighted by atomic mass is 10.2. The molecule has 0 radical (unpaired) electrons. The Kier molecular flexibility index (Phi) is 3.97. The molecule has 0 unspecified atom stereocenters. The second-order valence-electron chi connectivity index (χ2n) is 2.91. The Morgan fingerprint density at radius 1 is 1.50 bits per heavy atom. The van der Waals surface area contributed by atoms with Crippen molar-refractivity contribution in [1.82, 2.24) is 4.98 Å². The summed E-state index contributed by atoms with van der Waals surface area (Å²) in [5.74, 6) is 0. The van der Waals surface area contributed by atoms with Crippen molar-refractivity contribution in [3.63, 3.8) is 0 Å². The molecule has 0 atom stereocenters. The lowest BCUT2D eigenvalue weighted by Gasteiger charge is -2.01. The summed E-state index contributed by atoms with van der Waals surface area (Å²) >= 11 is 1.68. The molecule has 1 aromatic heterocycles. The molecule has 0 saturated heterocycles. The first kappa shape index (κ1) is 12.2. The van der Waals surface area contributed by atoms with Crippen LogP contribution in [0.4, 0.5) is 0 Å². The molecule has 0 bridgehead atoms. The van der Waals surface area contributed by atoms with Crippen LogP contribution in [0.15, 0.2) is 5.38 Å². The number of nitrogens with zero attached hydrogens (tertiary/aromatic N) is 1. The highest BCUT2D eigenvalue weighted by molar-refractivity contribution is 7.09. The number of nitrogens with two attached hydrogens (primary N) is 1. The Morgan fingerprint density at radius 2 is 2.08 bits per heavy atom. The average Bonchev–Trinajstić information content (AvgIpc) is 2.45. The molecule has 0 amide bonds. The molecule has 0 aromatic carbocycles. The van der Waals surface area contributed by atoms with E-state index in [-0.39, 0.29) is 30.4 Å². The third kappa shape index (κ3) is 2.10. The van der Waals surface area contributed by atoms with Gasteiger partial charge in [-0.05, 0) is 19.8 Å². The van der Waals surface area contributed by atoms with Crippen molar-refractivity contribution in [2.45, 2.75) is 25.3 Å². The molecule has 0 spiro atoms. The lowest BCUT2D eigenvalue weighted by Crippen LogP contribution is -2.18. The third-order valence-corrected chi connectivity index (χ3v) is 2.69. The van der Waals surface area contributed by atoms with E-state index in [1.807, 2.05) is 6.92 Å². The second-order valence-corrected chi connectivity index (χ2v) is 3.97. The Bertz CT molecular complexity index is 258. The van der Waals surface area contributed by atoms with Gasteiger partial charge in [0.1, 0.15) is 0 Å². The standard InChI is InChI=1S/C7H10N2S.2ClH/c1-5-9-6(4-10-5)7(8)2-3-7;;/h4H,2-3,8H2,1H3;2*1H. The SMILES string of the molecule is Cc1nc(C2(N)CC2)cs1.Cl.Cl. The van der Waals surface area contributed by atoms with Gasteiger partial charge >= 0.3 is 0 Å². The zero-order chi connectivity index (χ0) is 7.19. The van der Waals surface area contributed by atoms with Gasteiger partial charge in [-0.15, -0.1) is 36.2 Å². The average molecular weight is 227 g/mol. The molecule has 1 heterocycles. The van der Waals surface area contributed by atoms with Crippen LogP contribution in [-0.2, 0) is 5.54 Å². The fourth-order valence-electron chi connectivity index (χ4n) is 0.983. The minimum atomic E-state index is -0.0369. The zero-order valence-electron chi connectivity index (χ0n) is 6.74. The first-order valence-electron chi connectivity index (χ1n) is 3.42. The van der Waals surface area contributed by atoms with E-state index in [1.54, 1.807) is 11.3 Å². The number of thiazole rings is 1. The van der Waals surface area contributed by atoms with Gasteiger partial charge in [0.05, 0.1) is 16.2 Å². The van der Waals surface area contributed by atoms with Gasteiger partial charge in [0.25, 0.3) is 0 Å². The fraction of sp³-hybridized carbons (Fsp3) is 0.571. The summed E-state index contributed by atoms with van der Waals surface area (Å²) in [5, 5.41) is 3.19. The van der Waals surface area contributed by atoms with E-state index >= 15 is 0 Å². The van der Waals surface area contributed by atoms with E-state index in [2.05, 4.69) is 10.4 Å². The van der Waals surface area contributed by atoms with Gasteiger partial charge in [0.15, 0.2) is 0 Å². The molecule has 2 nitrogen and oxygen atoms in total. The number of aryl methyl sites for hydroxylation is 1. The molecule has 1 aliphatic rings. The number of hydrogen-bond donors (Lipinski definition) is 1. The molecule has 5 heteroatoms. The van der Waals surface area contributed by atoms with E-state index in [0.29, 0.717) is 0 Å². The summed E-state index contributed by atoms with van der Waals surface area (Å²) in [7, 11) is 0. The predicted octanol–water partition coefficient (Wildman–Crippen LogP) is 2.24. The van der Waals surface area contributed by atoms with Gasteiger partial charge in [-0.3, -0.25) is 0 Å². The quantitative estimate of drug-likeness (QED) is 0.799. The summed E-state index contributed by atoms with van der Waals surface area (Å²) in [5.41, 5.74) is 6.98. The molecule has 1 aliphatic carbocycles. The van der Waals surface area contributed by atoms with Crippen molar-refractivity contribution in [2.75, 3.05) is 0 Å². The van der Waals surface area contributed by atoms with Crippen molar-refractivity contribution in [1.29, 1.82) is 0 Å². The van der Waals surface area contributed by atoms with Gasteiger partial charge in [-0.25, -0.2) is 4.98 Å². The molecular weight excluding hydrogens is 215 g/mol. The first-order valence-corrected chi connectivity index (χ1v) is 4.30. The van der Waals surface area contributed by atoms with Gasteiger partial charge in [0, 0.05) is 5.38 Å². The summed E-state index contributed by atoms with van der Waals surface area (Å²) in [6.45, 7) is 2.01. The van der Waals surface area contributed by atoms with Gasteiger partial charge < -0.3 is 5.73 Å². The van der Waals surface area contributed by atoms with Crippen molar-refractivity contribution in [2.24, 2.45) is 5.73 Å². The molecule has 2 N–H and O–H groups in total. The lowest BCUT2D eigenvalue weighted by molar-refractivity contribution is 0.712. The van der Waals surface area contributed by atoms with E-state index in [1.165, 1.54) is 0 Å².